The first-order chi connectivity index (χ1) is 8.22. The summed E-state index contributed by atoms with van der Waals surface area (Å²) in [7, 11) is -3.00. The van der Waals surface area contributed by atoms with Crippen LogP contribution < -0.4 is 5.32 Å². The molecule has 1 N–H and O–H groups in total. The zero-order valence-electron chi connectivity index (χ0n) is 12.2. The van der Waals surface area contributed by atoms with E-state index in [1.165, 1.54) is 25.9 Å². The molecule has 0 aromatic rings. The minimum atomic E-state index is -3.00. The van der Waals surface area contributed by atoms with Gasteiger partial charge in [-0.15, -0.1) is 0 Å². The predicted octanol–water partition coefficient (Wildman–Crippen LogP) is 1.27. The Labute approximate surface area is 112 Å². The largest absolute Gasteiger partial charge is 0.312 e. The fraction of sp³-hybridized carbons (Fsp3) is 1.00. The summed E-state index contributed by atoms with van der Waals surface area (Å²) in [5.41, 5.74) is 0. The molecule has 1 heterocycles. The van der Waals surface area contributed by atoms with Gasteiger partial charge in [0, 0.05) is 19.1 Å². The summed E-state index contributed by atoms with van der Waals surface area (Å²) in [6.45, 7) is 11.4. The van der Waals surface area contributed by atoms with E-state index in [2.05, 4.69) is 17.1 Å². The van der Waals surface area contributed by atoms with Crippen LogP contribution in [-0.2, 0) is 9.84 Å². The lowest BCUT2D eigenvalue weighted by Gasteiger charge is -2.23. The van der Waals surface area contributed by atoms with E-state index >= 15 is 0 Å². The Morgan fingerprint density at radius 2 is 1.78 bits per heavy atom. The molecule has 1 unspecified atom stereocenters. The Kier molecular flexibility index (Phi) is 5.62. The summed E-state index contributed by atoms with van der Waals surface area (Å²) >= 11 is 0. The van der Waals surface area contributed by atoms with Gasteiger partial charge in [0.05, 0.1) is 10.5 Å². The Bertz CT molecular complexity index is 340. The Hall–Kier alpha value is -0.130. The molecule has 0 aromatic heterocycles. The number of hydrogen-bond donors (Lipinski definition) is 1. The van der Waals surface area contributed by atoms with Gasteiger partial charge < -0.3 is 10.2 Å². The fourth-order valence-electron chi connectivity index (χ4n) is 2.16. The van der Waals surface area contributed by atoms with Crippen LogP contribution in [0.3, 0.4) is 0 Å². The molecule has 0 radical (unpaired) electrons. The number of rotatable bonds is 6. The van der Waals surface area contributed by atoms with Gasteiger partial charge in [-0.3, -0.25) is 0 Å². The van der Waals surface area contributed by atoms with E-state index in [1.807, 2.05) is 0 Å². The predicted molar refractivity (Wildman–Crippen MR) is 76.7 cm³/mol. The highest BCUT2D eigenvalue weighted by Crippen LogP contribution is 2.15. The first-order valence-electron chi connectivity index (χ1n) is 6.90. The van der Waals surface area contributed by atoms with Crippen molar-refractivity contribution in [3.05, 3.63) is 0 Å². The van der Waals surface area contributed by atoms with Crippen LogP contribution in [0.2, 0.25) is 0 Å². The van der Waals surface area contributed by atoms with Crippen LogP contribution >= 0.6 is 0 Å². The molecular weight excluding hydrogens is 248 g/mol. The molecule has 0 bridgehead atoms. The number of sulfone groups is 1. The molecule has 0 aromatic carbocycles. The minimum Gasteiger partial charge on any atom is -0.312 e. The molecule has 18 heavy (non-hydrogen) atoms. The van der Waals surface area contributed by atoms with Gasteiger partial charge in [-0.2, -0.15) is 0 Å². The minimum absolute atomic E-state index is 0.223. The average Bonchev–Trinajstić information content (AvgIpc) is 2.68. The van der Waals surface area contributed by atoms with Crippen LogP contribution in [0.5, 0.6) is 0 Å². The molecule has 0 saturated carbocycles. The molecule has 1 aliphatic heterocycles. The van der Waals surface area contributed by atoms with E-state index in [9.17, 15) is 8.42 Å². The van der Waals surface area contributed by atoms with E-state index in [4.69, 9.17) is 0 Å². The van der Waals surface area contributed by atoms with Gasteiger partial charge in [0.15, 0.2) is 9.84 Å². The SMILES string of the molecule is CC(CN1CCCC1)NCCS(=O)(=O)C(C)(C)C. The van der Waals surface area contributed by atoms with Crippen molar-refractivity contribution in [2.24, 2.45) is 0 Å². The van der Waals surface area contributed by atoms with Crippen LogP contribution in [0.1, 0.15) is 40.5 Å². The van der Waals surface area contributed by atoms with Crippen LogP contribution in [0, 0.1) is 0 Å². The highest BCUT2D eigenvalue weighted by Gasteiger charge is 2.28. The molecule has 108 valence electrons. The van der Waals surface area contributed by atoms with Crippen LogP contribution in [0.15, 0.2) is 0 Å². The first kappa shape index (κ1) is 15.9. The second kappa shape index (κ2) is 6.35. The van der Waals surface area contributed by atoms with Gasteiger partial charge >= 0.3 is 0 Å². The molecule has 4 nitrogen and oxygen atoms in total. The standard InChI is InChI=1S/C13H28N2O2S/c1-12(11-15-8-5-6-9-15)14-7-10-18(16,17)13(2,3)4/h12,14H,5-11H2,1-4H3. The first-order valence-corrected chi connectivity index (χ1v) is 8.55. The molecule has 1 aliphatic rings. The lowest BCUT2D eigenvalue weighted by molar-refractivity contribution is 0.301. The van der Waals surface area contributed by atoms with Crippen molar-refractivity contribution < 1.29 is 8.42 Å². The second-order valence-electron chi connectivity index (χ2n) is 6.29. The zero-order chi connectivity index (χ0) is 13.8. The van der Waals surface area contributed by atoms with Crippen LogP contribution in [0.25, 0.3) is 0 Å². The third-order valence-corrected chi connectivity index (χ3v) is 6.13. The fourth-order valence-corrected chi connectivity index (χ4v) is 3.16. The van der Waals surface area contributed by atoms with E-state index in [0.717, 1.165) is 6.54 Å². The van der Waals surface area contributed by atoms with Crippen molar-refractivity contribution >= 4 is 9.84 Å². The molecule has 1 rings (SSSR count). The Balaban J connectivity index is 2.24. The van der Waals surface area contributed by atoms with Crippen LogP contribution in [-0.4, -0.2) is 56.0 Å². The molecule has 0 spiro atoms. The summed E-state index contributed by atoms with van der Waals surface area (Å²) in [4.78, 5) is 2.44. The smallest absolute Gasteiger partial charge is 0.156 e. The van der Waals surface area contributed by atoms with Crippen molar-refractivity contribution in [2.45, 2.75) is 51.3 Å². The third-order valence-electron chi connectivity index (χ3n) is 3.53. The Morgan fingerprint density at radius 3 is 2.28 bits per heavy atom. The van der Waals surface area contributed by atoms with Crippen molar-refractivity contribution in [3.63, 3.8) is 0 Å². The van der Waals surface area contributed by atoms with Crippen molar-refractivity contribution in [3.8, 4) is 0 Å². The molecule has 0 aliphatic carbocycles. The summed E-state index contributed by atoms with van der Waals surface area (Å²) in [6, 6.07) is 0.360. The highest BCUT2D eigenvalue weighted by molar-refractivity contribution is 7.92. The van der Waals surface area contributed by atoms with E-state index < -0.39 is 14.6 Å². The van der Waals surface area contributed by atoms with Crippen LogP contribution in [0.4, 0.5) is 0 Å². The molecule has 5 heteroatoms. The van der Waals surface area contributed by atoms with E-state index in [-0.39, 0.29) is 5.75 Å². The van der Waals surface area contributed by atoms with Gasteiger partial charge in [0.1, 0.15) is 0 Å². The van der Waals surface area contributed by atoms with Gasteiger partial charge in [-0.25, -0.2) is 8.42 Å². The van der Waals surface area contributed by atoms with Crippen molar-refractivity contribution in [1.82, 2.24) is 10.2 Å². The van der Waals surface area contributed by atoms with Gasteiger partial charge in [0.2, 0.25) is 0 Å². The lowest BCUT2D eigenvalue weighted by atomic mass is 10.3. The van der Waals surface area contributed by atoms with Crippen molar-refractivity contribution in [1.29, 1.82) is 0 Å². The summed E-state index contributed by atoms with van der Waals surface area (Å²) in [5, 5.41) is 3.32. The molecule has 0 amide bonds. The maximum Gasteiger partial charge on any atom is 0.156 e. The quantitative estimate of drug-likeness (QED) is 0.794. The monoisotopic (exact) mass is 276 g/mol. The number of nitrogens with one attached hydrogen (secondary N) is 1. The number of nitrogens with zero attached hydrogens (tertiary/aromatic N) is 1. The number of likely N-dealkylation sites (tertiary alicyclic amines) is 1. The van der Waals surface area contributed by atoms with E-state index in [0.29, 0.717) is 12.6 Å². The maximum atomic E-state index is 11.9. The molecule has 1 fully saturated rings. The molecule has 1 saturated heterocycles. The summed E-state index contributed by atoms with van der Waals surface area (Å²) in [6.07, 6.45) is 2.59. The topological polar surface area (TPSA) is 49.4 Å². The third kappa shape index (κ3) is 4.86. The normalized spacial score (nSPS) is 20.2. The maximum absolute atomic E-state index is 11.9. The summed E-state index contributed by atoms with van der Waals surface area (Å²) in [5.74, 6) is 0.223. The second-order valence-corrected chi connectivity index (χ2v) is 9.16. The summed E-state index contributed by atoms with van der Waals surface area (Å²) < 4.78 is 23.2. The Morgan fingerprint density at radius 1 is 1.22 bits per heavy atom. The number of hydrogen-bond acceptors (Lipinski definition) is 4. The van der Waals surface area contributed by atoms with Gasteiger partial charge in [-0.1, -0.05) is 0 Å². The highest BCUT2D eigenvalue weighted by atomic mass is 32.2. The lowest BCUT2D eigenvalue weighted by Crippen LogP contribution is -2.41. The molecule has 1 atom stereocenters. The van der Waals surface area contributed by atoms with E-state index in [1.54, 1.807) is 20.8 Å². The van der Waals surface area contributed by atoms with Gasteiger partial charge in [-0.05, 0) is 53.6 Å². The molecular formula is C13H28N2O2S. The average molecular weight is 276 g/mol. The van der Waals surface area contributed by atoms with Gasteiger partial charge in [0.25, 0.3) is 0 Å². The van der Waals surface area contributed by atoms with Crippen molar-refractivity contribution in [2.75, 3.05) is 31.9 Å². The zero-order valence-corrected chi connectivity index (χ0v) is 13.0.